The van der Waals surface area contributed by atoms with Gasteiger partial charge in [0.1, 0.15) is 5.75 Å². The minimum Gasteiger partial charge on any atom is -0.491 e. The maximum atomic E-state index is 12.6. The Hall–Kier alpha value is -2.34. The summed E-state index contributed by atoms with van der Waals surface area (Å²) in [6, 6.07) is 7.86. The SMILES string of the molecule is CC(C)Oc1ccc(CNC(=O)[C@H]2CNC[C@@H]2c2cnn(C)c2)cc1. The number of benzene rings is 1. The molecule has 1 aromatic carbocycles. The van der Waals surface area contributed by atoms with Crippen LogP contribution in [-0.4, -0.2) is 34.9 Å². The second-order valence-corrected chi connectivity index (χ2v) is 6.85. The first kappa shape index (κ1) is 17.5. The van der Waals surface area contributed by atoms with E-state index in [0.29, 0.717) is 13.1 Å². The van der Waals surface area contributed by atoms with Gasteiger partial charge < -0.3 is 15.4 Å². The molecule has 0 unspecified atom stereocenters. The number of carbonyl (C=O) groups is 1. The van der Waals surface area contributed by atoms with Crippen LogP contribution in [0.2, 0.25) is 0 Å². The van der Waals surface area contributed by atoms with Gasteiger partial charge in [-0.2, -0.15) is 5.10 Å². The molecule has 0 radical (unpaired) electrons. The number of hydrogen-bond donors (Lipinski definition) is 2. The van der Waals surface area contributed by atoms with Crippen molar-refractivity contribution >= 4 is 5.91 Å². The molecule has 2 N–H and O–H groups in total. The molecule has 0 spiro atoms. The van der Waals surface area contributed by atoms with E-state index in [1.54, 1.807) is 4.68 Å². The number of nitrogens with one attached hydrogen (secondary N) is 2. The number of hydrogen-bond acceptors (Lipinski definition) is 4. The van der Waals surface area contributed by atoms with Crippen molar-refractivity contribution < 1.29 is 9.53 Å². The number of aromatic nitrogens is 2. The molecule has 1 aromatic heterocycles. The molecule has 3 rings (SSSR count). The summed E-state index contributed by atoms with van der Waals surface area (Å²) in [5.74, 6) is 1.05. The monoisotopic (exact) mass is 342 g/mol. The fourth-order valence-electron chi connectivity index (χ4n) is 3.21. The highest BCUT2D eigenvalue weighted by molar-refractivity contribution is 5.80. The summed E-state index contributed by atoms with van der Waals surface area (Å²) in [6.45, 7) is 6.04. The maximum Gasteiger partial charge on any atom is 0.225 e. The summed E-state index contributed by atoms with van der Waals surface area (Å²) in [4.78, 5) is 12.6. The highest BCUT2D eigenvalue weighted by atomic mass is 16.5. The molecule has 2 atom stereocenters. The van der Waals surface area contributed by atoms with Gasteiger partial charge in [0.25, 0.3) is 0 Å². The summed E-state index contributed by atoms with van der Waals surface area (Å²) in [7, 11) is 1.90. The molecule has 1 fully saturated rings. The van der Waals surface area contributed by atoms with Crippen molar-refractivity contribution in [2.75, 3.05) is 13.1 Å². The van der Waals surface area contributed by atoms with E-state index in [1.807, 2.05) is 57.6 Å². The van der Waals surface area contributed by atoms with Crippen molar-refractivity contribution in [1.82, 2.24) is 20.4 Å². The molecule has 1 saturated heterocycles. The van der Waals surface area contributed by atoms with Gasteiger partial charge in [-0.05, 0) is 37.1 Å². The number of rotatable bonds is 6. The molecule has 2 aromatic rings. The zero-order valence-electron chi connectivity index (χ0n) is 15.0. The van der Waals surface area contributed by atoms with Crippen LogP contribution in [0.25, 0.3) is 0 Å². The van der Waals surface area contributed by atoms with Crippen molar-refractivity contribution in [2.24, 2.45) is 13.0 Å². The van der Waals surface area contributed by atoms with E-state index < -0.39 is 0 Å². The normalized spacial score (nSPS) is 20.0. The highest BCUT2D eigenvalue weighted by Crippen LogP contribution is 2.28. The zero-order chi connectivity index (χ0) is 17.8. The minimum atomic E-state index is -0.0623. The van der Waals surface area contributed by atoms with Crippen molar-refractivity contribution in [3.05, 3.63) is 47.8 Å². The molecule has 2 heterocycles. The van der Waals surface area contributed by atoms with Crippen molar-refractivity contribution in [1.29, 1.82) is 0 Å². The third kappa shape index (κ3) is 4.39. The Morgan fingerprint density at radius 2 is 2.12 bits per heavy atom. The van der Waals surface area contributed by atoms with Gasteiger partial charge in [-0.1, -0.05) is 12.1 Å². The van der Waals surface area contributed by atoms with Gasteiger partial charge in [0.2, 0.25) is 5.91 Å². The molecule has 25 heavy (non-hydrogen) atoms. The summed E-state index contributed by atoms with van der Waals surface area (Å²) < 4.78 is 7.42. The lowest BCUT2D eigenvalue weighted by Crippen LogP contribution is -2.33. The summed E-state index contributed by atoms with van der Waals surface area (Å²) in [6.07, 6.45) is 4.00. The van der Waals surface area contributed by atoms with E-state index in [2.05, 4.69) is 15.7 Å². The van der Waals surface area contributed by atoms with Crippen molar-refractivity contribution in [3.63, 3.8) is 0 Å². The van der Waals surface area contributed by atoms with Gasteiger partial charge in [-0.3, -0.25) is 9.48 Å². The third-order valence-electron chi connectivity index (χ3n) is 4.47. The fraction of sp³-hybridized carbons (Fsp3) is 0.474. The van der Waals surface area contributed by atoms with Crippen LogP contribution in [0.3, 0.4) is 0 Å². The zero-order valence-corrected chi connectivity index (χ0v) is 15.0. The lowest BCUT2D eigenvalue weighted by atomic mass is 9.90. The molecule has 6 nitrogen and oxygen atoms in total. The van der Waals surface area contributed by atoms with Crippen LogP contribution < -0.4 is 15.4 Å². The minimum absolute atomic E-state index is 0.0623. The Labute approximate surface area is 148 Å². The number of ether oxygens (including phenoxy) is 1. The Morgan fingerprint density at radius 3 is 2.76 bits per heavy atom. The van der Waals surface area contributed by atoms with Crippen LogP contribution in [0, 0.1) is 5.92 Å². The first-order valence-corrected chi connectivity index (χ1v) is 8.75. The van der Waals surface area contributed by atoms with Crippen molar-refractivity contribution in [2.45, 2.75) is 32.4 Å². The molecule has 134 valence electrons. The predicted molar refractivity (Wildman–Crippen MR) is 96.4 cm³/mol. The largest absolute Gasteiger partial charge is 0.491 e. The molecule has 1 amide bonds. The topological polar surface area (TPSA) is 68.2 Å². The Bertz CT molecular complexity index is 708. The molecule has 1 aliphatic heterocycles. The molecule has 6 heteroatoms. The van der Waals surface area contributed by atoms with Crippen LogP contribution >= 0.6 is 0 Å². The van der Waals surface area contributed by atoms with Crippen LogP contribution in [0.1, 0.15) is 30.9 Å². The number of nitrogens with zero attached hydrogens (tertiary/aromatic N) is 2. The molecular formula is C19H26N4O2. The lowest BCUT2D eigenvalue weighted by Gasteiger charge is -2.17. The summed E-state index contributed by atoms with van der Waals surface area (Å²) in [5.41, 5.74) is 2.18. The van der Waals surface area contributed by atoms with E-state index in [0.717, 1.165) is 23.4 Å². The molecular weight excluding hydrogens is 316 g/mol. The van der Waals surface area contributed by atoms with E-state index in [4.69, 9.17) is 4.74 Å². The van der Waals surface area contributed by atoms with E-state index in [9.17, 15) is 4.79 Å². The van der Waals surface area contributed by atoms with Crippen LogP contribution in [0.4, 0.5) is 0 Å². The van der Waals surface area contributed by atoms with Gasteiger partial charge in [0.05, 0.1) is 18.2 Å². The first-order chi connectivity index (χ1) is 12.0. The van der Waals surface area contributed by atoms with Gasteiger partial charge in [-0.15, -0.1) is 0 Å². The quantitative estimate of drug-likeness (QED) is 0.840. The lowest BCUT2D eigenvalue weighted by molar-refractivity contribution is -0.125. The fourth-order valence-corrected chi connectivity index (χ4v) is 3.21. The molecule has 1 aliphatic rings. The second-order valence-electron chi connectivity index (χ2n) is 6.85. The Balaban J connectivity index is 1.56. The predicted octanol–water partition coefficient (Wildman–Crippen LogP) is 1.83. The average Bonchev–Trinajstić information content (AvgIpc) is 3.22. The summed E-state index contributed by atoms with van der Waals surface area (Å²) >= 11 is 0. The maximum absolute atomic E-state index is 12.6. The third-order valence-corrected chi connectivity index (χ3v) is 4.47. The summed E-state index contributed by atoms with van der Waals surface area (Å²) in [5, 5.41) is 10.6. The molecule has 0 bridgehead atoms. The second kappa shape index (κ2) is 7.70. The van der Waals surface area contributed by atoms with Crippen LogP contribution in [0.15, 0.2) is 36.7 Å². The number of aryl methyl sites for hydroxylation is 1. The van der Waals surface area contributed by atoms with Crippen LogP contribution in [-0.2, 0) is 18.4 Å². The first-order valence-electron chi connectivity index (χ1n) is 8.75. The van der Waals surface area contributed by atoms with Gasteiger partial charge in [0.15, 0.2) is 0 Å². The molecule has 0 saturated carbocycles. The van der Waals surface area contributed by atoms with Crippen LogP contribution in [0.5, 0.6) is 5.75 Å². The van der Waals surface area contributed by atoms with Crippen molar-refractivity contribution in [3.8, 4) is 5.75 Å². The Morgan fingerprint density at radius 1 is 1.36 bits per heavy atom. The van der Waals surface area contributed by atoms with Gasteiger partial charge in [0, 0.05) is 38.8 Å². The number of carbonyl (C=O) groups excluding carboxylic acids is 1. The number of amides is 1. The van der Waals surface area contributed by atoms with Gasteiger partial charge >= 0.3 is 0 Å². The standard InChI is InChI=1S/C19H26N4O2/c1-13(2)25-16-6-4-14(5-7-16)8-21-19(24)18-11-20-10-17(18)15-9-22-23(3)12-15/h4-7,9,12-13,17-18,20H,8,10-11H2,1-3H3,(H,21,24)/t17-,18+/m1/s1. The Kier molecular flexibility index (Phi) is 5.38. The highest BCUT2D eigenvalue weighted by Gasteiger charge is 2.34. The van der Waals surface area contributed by atoms with E-state index >= 15 is 0 Å². The van der Waals surface area contributed by atoms with E-state index in [1.165, 1.54) is 0 Å². The smallest absolute Gasteiger partial charge is 0.225 e. The average molecular weight is 342 g/mol. The van der Waals surface area contributed by atoms with E-state index in [-0.39, 0.29) is 23.8 Å². The molecule has 0 aliphatic carbocycles. The van der Waals surface area contributed by atoms with Gasteiger partial charge in [-0.25, -0.2) is 0 Å².